The predicted molar refractivity (Wildman–Crippen MR) is 64.6 cm³/mol. The van der Waals surface area contributed by atoms with Gasteiger partial charge in [-0.15, -0.1) is 0 Å². The fourth-order valence-electron chi connectivity index (χ4n) is 1.32. The summed E-state index contributed by atoms with van der Waals surface area (Å²) in [5.74, 6) is 1.04. The summed E-state index contributed by atoms with van der Waals surface area (Å²) in [7, 11) is 0. The molecule has 0 aromatic rings. The first-order valence-electron chi connectivity index (χ1n) is 5.10. The minimum atomic E-state index is 0.644. The summed E-state index contributed by atoms with van der Waals surface area (Å²) in [6.45, 7) is 2.23. The van der Waals surface area contributed by atoms with Crippen LogP contribution in [0.3, 0.4) is 0 Å². The number of rotatable bonds is 8. The second-order valence-corrected chi connectivity index (χ2v) is 4.55. The Morgan fingerprint density at radius 1 is 1.00 bits per heavy atom. The molecule has 0 N–H and O–H groups in total. The maximum atomic E-state index is 4.52. The highest BCUT2D eigenvalue weighted by Crippen LogP contribution is 2.14. The van der Waals surface area contributed by atoms with Gasteiger partial charge in [0.2, 0.25) is 0 Å². The van der Waals surface area contributed by atoms with Crippen LogP contribution in [0.2, 0.25) is 0 Å². The van der Waals surface area contributed by atoms with E-state index < -0.39 is 0 Å². The van der Waals surface area contributed by atoms with E-state index in [1.165, 1.54) is 44.9 Å². The molecule has 2 heteroatoms. The van der Waals surface area contributed by atoms with Crippen molar-refractivity contribution in [3.8, 4) is 0 Å². The minimum Gasteiger partial charge on any atom is -0.179 e. The fourth-order valence-corrected chi connectivity index (χ4v) is 1.99. The quantitative estimate of drug-likeness (QED) is 0.436. The van der Waals surface area contributed by atoms with Gasteiger partial charge in [0.25, 0.3) is 0 Å². The molecule has 1 atom stereocenters. The molecule has 0 aromatic carbocycles. The van der Waals surface area contributed by atoms with E-state index in [1.807, 2.05) is 0 Å². The van der Waals surface area contributed by atoms with Gasteiger partial charge in [-0.25, -0.2) is 0 Å². The van der Waals surface area contributed by atoms with Crippen LogP contribution in [0.4, 0.5) is 0 Å². The van der Waals surface area contributed by atoms with Crippen LogP contribution in [0.5, 0.6) is 0 Å². The molecule has 0 aromatic heterocycles. The second kappa shape index (κ2) is 9.79. The van der Waals surface area contributed by atoms with Crippen molar-refractivity contribution in [1.29, 1.82) is 0 Å². The van der Waals surface area contributed by atoms with E-state index in [0.717, 1.165) is 5.75 Å². The van der Waals surface area contributed by atoms with Crippen LogP contribution in [-0.4, -0.2) is 11.0 Å². The summed E-state index contributed by atoms with van der Waals surface area (Å²) in [5, 5.41) is 0.644. The van der Waals surface area contributed by atoms with Gasteiger partial charge >= 0.3 is 0 Å². The van der Waals surface area contributed by atoms with Gasteiger partial charge < -0.3 is 0 Å². The van der Waals surface area contributed by atoms with Crippen molar-refractivity contribution in [3.05, 3.63) is 0 Å². The van der Waals surface area contributed by atoms with Gasteiger partial charge in [0.05, 0.1) is 0 Å². The Balaban J connectivity index is 2.97. The first-order valence-corrected chi connectivity index (χ1v) is 6.25. The summed E-state index contributed by atoms with van der Waals surface area (Å²) in [4.78, 5) is 0. The third-order valence-electron chi connectivity index (χ3n) is 2.07. The molecule has 0 saturated carbocycles. The largest absolute Gasteiger partial charge is 0.179 e. The summed E-state index contributed by atoms with van der Waals surface area (Å²) < 4.78 is 0. The minimum absolute atomic E-state index is 0.644. The van der Waals surface area contributed by atoms with E-state index in [0.29, 0.717) is 5.25 Å². The summed E-state index contributed by atoms with van der Waals surface area (Å²) in [6, 6.07) is 0. The monoisotopic (exact) mass is 206 g/mol. The van der Waals surface area contributed by atoms with Crippen molar-refractivity contribution in [2.75, 3.05) is 5.75 Å². The lowest BCUT2D eigenvalue weighted by Crippen LogP contribution is -1.97. The van der Waals surface area contributed by atoms with Gasteiger partial charge in [-0.3, -0.25) is 0 Å². The maximum Gasteiger partial charge on any atom is 0.00167 e. The van der Waals surface area contributed by atoms with E-state index in [-0.39, 0.29) is 0 Å². The SMILES string of the molecule is CCCC(S)CCCCCCS. The van der Waals surface area contributed by atoms with Crippen LogP contribution in [0.1, 0.15) is 51.9 Å². The third-order valence-corrected chi connectivity index (χ3v) is 2.90. The molecule has 0 rings (SSSR count). The van der Waals surface area contributed by atoms with E-state index in [4.69, 9.17) is 0 Å². The Bertz CT molecular complexity index is 83.9. The summed E-state index contributed by atoms with van der Waals surface area (Å²) >= 11 is 8.70. The van der Waals surface area contributed by atoms with Crippen LogP contribution in [0.15, 0.2) is 0 Å². The molecule has 0 aliphatic rings. The first-order chi connectivity index (χ1) is 5.81. The molecule has 1 unspecified atom stereocenters. The number of hydrogen-bond acceptors (Lipinski definition) is 2. The molecule has 0 radical (unpaired) electrons. The fraction of sp³-hybridized carbons (Fsp3) is 1.00. The average molecular weight is 206 g/mol. The number of hydrogen-bond donors (Lipinski definition) is 2. The van der Waals surface area contributed by atoms with Crippen LogP contribution in [0.25, 0.3) is 0 Å². The molecule has 0 nitrogen and oxygen atoms in total. The molecule has 0 aliphatic carbocycles. The van der Waals surface area contributed by atoms with Crippen molar-refractivity contribution in [2.45, 2.75) is 57.1 Å². The van der Waals surface area contributed by atoms with Crippen molar-refractivity contribution < 1.29 is 0 Å². The molecular formula is C10H22S2. The van der Waals surface area contributed by atoms with Crippen molar-refractivity contribution in [2.24, 2.45) is 0 Å². The van der Waals surface area contributed by atoms with E-state index in [1.54, 1.807) is 0 Å². The van der Waals surface area contributed by atoms with E-state index in [2.05, 4.69) is 32.2 Å². The summed E-state index contributed by atoms with van der Waals surface area (Å²) in [6.07, 6.45) is 9.16. The van der Waals surface area contributed by atoms with Crippen molar-refractivity contribution in [3.63, 3.8) is 0 Å². The van der Waals surface area contributed by atoms with Crippen LogP contribution in [-0.2, 0) is 0 Å². The van der Waals surface area contributed by atoms with Crippen LogP contribution in [0, 0.1) is 0 Å². The first kappa shape index (κ1) is 12.7. The molecule has 0 amide bonds. The van der Waals surface area contributed by atoms with Gasteiger partial charge in [0, 0.05) is 5.25 Å². The molecule has 0 spiro atoms. The smallest absolute Gasteiger partial charge is 0.00167 e. The topological polar surface area (TPSA) is 0 Å². The van der Waals surface area contributed by atoms with Gasteiger partial charge in [0.15, 0.2) is 0 Å². The van der Waals surface area contributed by atoms with E-state index in [9.17, 15) is 0 Å². The van der Waals surface area contributed by atoms with Crippen molar-refractivity contribution in [1.82, 2.24) is 0 Å². The molecule has 0 aliphatic heterocycles. The molecular weight excluding hydrogens is 184 g/mol. The van der Waals surface area contributed by atoms with Crippen molar-refractivity contribution >= 4 is 25.3 Å². The zero-order valence-electron chi connectivity index (χ0n) is 8.13. The molecule has 0 heterocycles. The zero-order chi connectivity index (χ0) is 9.23. The normalized spacial score (nSPS) is 13.2. The Labute approximate surface area is 88.3 Å². The lowest BCUT2D eigenvalue weighted by atomic mass is 10.1. The zero-order valence-corrected chi connectivity index (χ0v) is 9.92. The Hall–Kier alpha value is 0.700. The summed E-state index contributed by atoms with van der Waals surface area (Å²) in [5.41, 5.74) is 0. The Morgan fingerprint density at radius 2 is 1.67 bits per heavy atom. The highest BCUT2D eigenvalue weighted by atomic mass is 32.1. The standard InChI is InChI=1S/C10H22S2/c1-2-7-10(12)8-5-3-4-6-9-11/h10-12H,2-9H2,1H3. The van der Waals surface area contributed by atoms with Gasteiger partial charge in [0.1, 0.15) is 0 Å². The number of thiol groups is 2. The third kappa shape index (κ3) is 8.79. The number of unbranched alkanes of at least 4 members (excludes halogenated alkanes) is 3. The highest BCUT2D eigenvalue weighted by Gasteiger charge is 2.00. The second-order valence-electron chi connectivity index (χ2n) is 3.37. The predicted octanol–water partition coefficient (Wildman–Crippen LogP) is 3.97. The Kier molecular flexibility index (Phi) is 10.4. The Morgan fingerprint density at radius 3 is 2.25 bits per heavy atom. The molecule has 0 fully saturated rings. The average Bonchev–Trinajstić information content (AvgIpc) is 2.05. The highest BCUT2D eigenvalue weighted by molar-refractivity contribution is 7.81. The molecule has 74 valence electrons. The molecule has 0 saturated heterocycles. The lowest BCUT2D eigenvalue weighted by molar-refractivity contribution is 0.599. The molecule has 12 heavy (non-hydrogen) atoms. The van der Waals surface area contributed by atoms with Gasteiger partial charge in [-0.2, -0.15) is 25.3 Å². The van der Waals surface area contributed by atoms with Gasteiger partial charge in [-0.1, -0.05) is 32.6 Å². The lowest BCUT2D eigenvalue weighted by Gasteiger charge is -2.07. The van der Waals surface area contributed by atoms with Gasteiger partial charge in [-0.05, 0) is 25.0 Å². The molecule has 0 bridgehead atoms. The maximum absolute atomic E-state index is 4.52. The van der Waals surface area contributed by atoms with Crippen LogP contribution < -0.4 is 0 Å². The van der Waals surface area contributed by atoms with Crippen LogP contribution >= 0.6 is 25.3 Å². The van der Waals surface area contributed by atoms with E-state index >= 15 is 0 Å².